The first-order chi connectivity index (χ1) is 25.3. The summed E-state index contributed by atoms with van der Waals surface area (Å²) in [6.45, 7) is 1.62. The number of ether oxygens (including phenoxy) is 2. The Morgan fingerprint density at radius 3 is 1.89 bits per heavy atom. The Kier molecular flexibility index (Phi) is 12.7. The number of carboxylic acids is 1. The minimum absolute atomic E-state index is 0.153. The fourth-order valence-corrected chi connectivity index (χ4v) is 8.50. The van der Waals surface area contributed by atoms with Crippen molar-refractivity contribution in [2.45, 2.75) is 12.5 Å². The van der Waals surface area contributed by atoms with E-state index in [1.54, 1.807) is 72.8 Å². The van der Waals surface area contributed by atoms with E-state index in [1.165, 1.54) is 29.2 Å². The Morgan fingerprint density at radius 1 is 0.830 bits per heavy atom. The zero-order valence-corrected chi connectivity index (χ0v) is 30.3. The summed E-state index contributed by atoms with van der Waals surface area (Å²) < 4.78 is 65.4. The highest BCUT2D eigenvalue weighted by molar-refractivity contribution is 8.12. The number of anilines is 1. The highest BCUT2D eigenvalue weighted by atomic mass is 35.5. The number of nitrogens with one attached hydrogen (secondary N) is 1. The Balaban J connectivity index is 1.35. The number of aliphatic carboxylic acids is 1. The zero-order valence-electron chi connectivity index (χ0n) is 27.9. The predicted molar refractivity (Wildman–Crippen MR) is 200 cm³/mol. The number of carboxylic acid groups (broad SMARTS) is 1. The number of hydrogen-bond donors (Lipinski definition) is 2. The smallest absolute Gasteiger partial charge is 0.415 e. The largest absolute Gasteiger partial charge is 0.480 e. The molecule has 1 fully saturated rings. The van der Waals surface area contributed by atoms with Gasteiger partial charge in [0.25, 0.3) is 26.0 Å². The minimum Gasteiger partial charge on any atom is -0.480 e. The second-order valence-electron chi connectivity index (χ2n) is 11.6. The highest BCUT2D eigenvalue weighted by Gasteiger charge is 2.32. The van der Waals surface area contributed by atoms with E-state index in [0.29, 0.717) is 43.0 Å². The lowest BCUT2D eigenvalue weighted by Crippen LogP contribution is -2.42. The van der Waals surface area contributed by atoms with Crippen molar-refractivity contribution < 1.29 is 45.8 Å². The molecule has 1 heterocycles. The molecule has 0 aromatic heterocycles. The van der Waals surface area contributed by atoms with Gasteiger partial charge in [0.15, 0.2) is 0 Å². The van der Waals surface area contributed by atoms with Crippen molar-refractivity contribution in [2.75, 3.05) is 30.0 Å². The van der Waals surface area contributed by atoms with Gasteiger partial charge in [-0.1, -0.05) is 84.4 Å². The number of hydrogen-bond acceptors (Lipinski definition) is 9. The molecule has 1 saturated heterocycles. The Hall–Kier alpha value is -5.48. The predicted octanol–water partition coefficient (Wildman–Crippen LogP) is 5.40. The van der Waals surface area contributed by atoms with E-state index in [0.717, 1.165) is 29.0 Å². The molecule has 5 rings (SSSR count). The van der Waals surface area contributed by atoms with Crippen molar-refractivity contribution in [2.24, 2.45) is 0 Å². The van der Waals surface area contributed by atoms with Crippen molar-refractivity contribution >= 4 is 67.5 Å². The quantitative estimate of drug-likeness (QED) is 0.179. The fraction of sp³-hybridized carbons (Fsp3) is 0.162. The van der Waals surface area contributed by atoms with Gasteiger partial charge >= 0.3 is 12.1 Å². The van der Waals surface area contributed by atoms with Crippen molar-refractivity contribution in [1.29, 1.82) is 0 Å². The first-order valence-corrected chi connectivity index (χ1v) is 19.4. The van der Waals surface area contributed by atoms with E-state index in [2.05, 4.69) is 5.32 Å². The molecule has 0 spiro atoms. The third-order valence-corrected chi connectivity index (χ3v) is 11.6. The molecule has 0 saturated carbocycles. The third-order valence-electron chi connectivity index (χ3n) is 7.78. The summed E-state index contributed by atoms with van der Waals surface area (Å²) >= 11 is 6.44. The van der Waals surface area contributed by atoms with Gasteiger partial charge in [0.05, 0.1) is 40.3 Å². The van der Waals surface area contributed by atoms with Crippen LogP contribution in [0.3, 0.4) is 0 Å². The summed E-state index contributed by atoms with van der Waals surface area (Å²) in [5.74, 6) is -2.01. The molecule has 1 aliphatic rings. The summed E-state index contributed by atoms with van der Waals surface area (Å²) in [6, 6.07) is 24.6. The van der Waals surface area contributed by atoms with E-state index in [9.17, 15) is 36.3 Å². The first kappa shape index (κ1) is 38.7. The number of halogens is 1. The molecule has 13 nitrogen and oxygen atoms in total. The fourth-order valence-electron chi connectivity index (χ4n) is 5.08. The molecule has 16 heteroatoms. The number of benzene rings is 4. The molecular weight excluding hydrogens is 746 g/mol. The molecule has 0 bridgehead atoms. The van der Waals surface area contributed by atoms with E-state index in [-0.39, 0.29) is 26.5 Å². The Labute approximate surface area is 311 Å². The van der Waals surface area contributed by atoms with Crippen LogP contribution in [0.5, 0.6) is 5.75 Å². The monoisotopic (exact) mass is 779 g/mol. The maximum atomic E-state index is 13.6. The zero-order chi connectivity index (χ0) is 38.0. The van der Waals surface area contributed by atoms with Crippen LogP contribution in [0.15, 0.2) is 114 Å². The van der Waals surface area contributed by atoms with Gasteiger partial charge in [0.1, 0.15) is 11.8 Å². The van der Waals surface area contributed by atoms with Crippen LogP contribution in [-0.4, -0.2) is 77.2 Å². The van der Waals surface area contributed by atoms with Gasteiger partial charge in [-0.3, -0.25) is 4.79 Å². The van der Waals surface area contributed by atoms with Gasteiger partial charge < -0.3 is 24.8 Å². The number of nitrogens with zero attached hydrogens (tertiary/aromatic N) is 2. The Bertz CT molecular complexity index is 2130. The van der Waals surface area contributed by atoms with Crippen LogP contribution in [0, 0.1) is 0 Å². The molecule has 1 aliphatic heterocycles. The average molecular weight is 780 g/mol. The lowest BCUT2D eigenvalue weighted by Gasteiger charge is -2.25. The standard InChI is InChI=1S/C37H34ClN3O10S2/c38-33-26-30(41(52(46,47)23-17-27-7-3-1-4-8-27)53(48,49)24-18-28-9-5-2-6-10-28)13-16-32(33)35(42)39-34(36(43)44)25-29-11-14-31(15-12-29)51-37(45)40-19-21-50-22-20-40/h1-18,23-24,26,34H,19-22,25H2,(H,39,42)(H,43,44)/b23-17+,24-18+/t34-/m0/s1. The SMILES string of the molecule is O=C(N[C@@H](Cc1ccc(OC(=O)N2CCOCC2)cc1)C(=O)O)c1ccc(N(S(=O)(=O)/C=C/c2ccccc2)S(=O)(=O)/C=C/c2ccccc2)cc1Cl. The molecular formula is C37H34ClN3O10S2. The number of rotatable bonds is 13. The molecule has 4 aromatic rings. The molecule has 2 N–H and O–H groups in total. The van der Waals surface area contributed by atoms with E-state index in [4.69, 9.17) is 21.1 Å². The maximum Gasteiger partial charge on any atom is 0.415 e. The van der Waals surface area contributed by atoms with Crippen LogP contribution < -0.4 is 13.8 Å². The second-order valence-corrected chi connectivity index (χ2v) is 15.5. The molecule has 0 radical (unpaired) electrons. The number of sulfonamides is 2. The highest BCUT2D eigenvalue weighted by Crippen LogP contribution is 2.30. The van der Waals surface area contributed by atoms with Gasteiger partial charge in [0.2, 0.25) is 0 Å². The van der Waals surface area contributed by atoms with Crippen molar-refractivity contribution in [1.82, 2.24) is 10.2 Å². The summed E-state index contributed by atoms with van der Waals surface area (Å²) in [7, 11) is -9.45. The number of carbonyl (C=O) groups is 3. The summed E-state index contributed by atoms with van der Waals surface area (Å²) in [6.07, 6.45) is 1.78. The molecule has 1 atom stereocenters. The maximum absolute atomic E-state index is 13.6. The van der Waals surface area contributed by atoms with E-state index < -0.39 is 49.7 Å². The van der Waals surface area contributed by atoms with Crippen LogP contribution in [-0.2, 0) is 36.0 Å². The number of carbonyl (C=O) groups excluding carboxylic acids is 2. The minimum atomic E-state index is -4.72. The second kappa shape index (κ2) is 17.4. The van der Waals surface area contributed by atoms with E-state index >= 15 is 0 Å². The topological polar surface area (TPSA) is 177 Å². The third kappa shape index (κ3) is 10.5. The molecule has 0 aliphatic carbocycles. The van der Waals surface area contributed by atoms with Crippen LogP contribution in [0.2, 0.25) is 5.02 Å². The van der Waals surface area contributed by atoms with Crippen molar-refractivity contribution in [3.8, 4) is 5.75 Å². The average Bonchev–Trinajstić information content (AvgIpc) is 3.14. The van der Waals surface area contributed by atoms with Gasteiger partial charge in [-0.25, -0.2) is 26.4 Å². The van der Waals surface area contributed by atoms with Crippen molar-refractivity contribution in [3.05, 3.63) is 141 Å². The van der Waals surface area contributed by atoms with Crippen molar-refractivity contribution in [3.63, 3.8) is 0 Å². The van der Waals surface area contributed by atoms with Crippen LogP contribution in [0.25, 0.3) is 12.2 Å². The van der Waals surface area contributed by atoms with Gasteiger partial charge in [0, 0.05) is 19.5 Å². The van der Waals surface area contributed by atoms with E-state index in [1.807, 2.05) is 0 Å². The van der Waals surface area contributed by atoms with Crippen LogP contribution in [0.4, 0.5) is 10.5 Å². The van der Waals surface area contributed by atoms with Gasteiger partial charge in [-0.05, 0) is 59.2 Å². The van der Waals surface area contributed by atoms with Gasteiger partial charge in [-0.2, -0.15) is 3.71 Å². The first-order valence-electron chi connectivity index (χ1n) is 16.1. The summed E-state index contributed by atoms with van der Waals surface area (Å²) in [5.41, 5.74) is 0.861. The summed E-state index contributed by atoms with van der Waals surface area (Å²) in [4.78, 5) is 39.3. The lowest BCUT2D eigenvalue weighted by atomic mass is 10.1. The lowest BCUT2D eigenvalue weighted by molar-refractivity contribution is -0.139. The Morgan fingerprint density at radius 2 is 1.38 bits per heavy atom. The molecule has 276 valence electrons. The number of morpholine rings is 1. The van der Waals surface area contributed by atoms with Crippen LogP contribution >= 0.6 is 11.6 Å². The summed E-state index contributed by atoms with van der Waals surface area (Å²) in [5, 5.41) is 13.4. The van der Waals surface area contributed by atoms with Gasteiger partial charge in [-0.15, -0.1) is 0 Å². The molecule has 4 aromatic carbocycles. The normalized spacial score (nSPS) is 14.2. The molecule has 53 heavy (non-hydrogen) atoms. The molecule has 0 unspecified atom stereocenters. The number of amides is 2. The molecule has 2 amide bonds. The van der Waals surface area contributed by atoms with Crippen LogP contribution in [0.1, 0.15) is 27.0 Å².